The normalized spacial score (nSPS) is 18.9. The maximum absolute atomic E-state index is 12.3. The fraction of sp³-hybridized carbons (Fsp3) is 0.429. The molecule has 4 nitrogen and oxygen atoms in total. The van der Waals surface area contributed by atoms with Crippen LogP contribution in [-0.2, 0) is 0 Å². The molecule has 0 aromatic heterocycles. The zero-order valence-electron chi connectivity index (χ0n) is 10.4. The maximum atomic E-state index is 12.3. The van der Waals surface area contributed by atoms with E-state index in [-0.39, 0.29) is 11.5 Å². The number of hydrogen-bond donors (Lipinski definition) is 1. The molecular weight excluding hydrogens is 230 g/mol. The van der Waals surface area contributed by atoms with Gasteiger partial charge in [-0.1, -0.05) is 25.5 Å². The third-order valence-electron chi connectivity index (χ3n) is 3.54. The topological polar surface area (TPSA) is 57.6 Å². The zero-order chi connectivity index (χ0) is 13.1. The first kappa shape index (κ1) is 12.6. The molecule has 4 heteroatoms. The van der Waals surface area contributed by atoms with E-state index in [1.54, 1.807) is 23.1 Å². The maximum Gasteiger partial charge on any atom is 0.336 e. The van der Waals surface area contributed by atoms with E-state index in [9.17, 15) is 9.59 Å². The first-order valence-corrected chi connectivity index (χ1v) is 6.25. The van der Waals surface area contributed by atoms with Crippen molar-refractivity contribution in [1.29, 1.82) is 0 Å². The summed E-state index contributed by atoms with van der Waals surface area (Å²) in [5.74, 6) is -0.667. The molecule has 1 unspecified atom stereocenters. The molecule has 96 valence electrons. The Balaban J connectivity index is 2.22. The number of rotatable bonds is 3. The zero-order valence-corrected chi connectivity index (χ0v) is 10.4. The van der Waals surface area contributed by atoms with Gasteiger partial charge in [-0.05, 0) is 24.5 Å². The van der Waals surface area contributed by atoms with E-state index in [4.69, 9.17) is 5.11 Å². The summed E-state index contributed by atoms with van der Waals surface area (Å²) in [5, 5.41) is 9.08. The summed E-state index contributed by atoms with van der Waals surface area (Å²) in [7, 11) is 0. The highest BCUT2D eigenvalue weighted by Crippen LogP contribution is 2.22. The molecule has 0 saturated carbocycles. The molecule has 0 bridgehead atoms. The van der Waals surface area contributed by atoms with E-state index in [0.29, 0.717) is 11.5 Å². The summed E-state index contributed by atoms with van der Waals surface area (Å²) in [6.45, 7) is 3.58. The van der Waals surface area contributed by atoms with Crippen LogP contribution in [0.3, 0.4) is 0 Å². The van der Waals surface area contributed by atoms with Gasteiger partial charge in [0.05, 0.1) is 11.1 Å². The minimum atomic E-state index is -1.05. The minimum Gasteiger partial charge on any atom is -0.478 e. The van der Waals surface area contributed by atoms with Gasteiger partial charge in [-0.25, -0.2) is 4.79 Å². The molecule has 1 aliphatic heterocycles. The van der Waals surface area contributed by atoms with Gasteiger partial charge in [-0.15, -0.1) is 0 Å². The van der Waals surface area contributed by atoms with Crippen LogP contribution in [0.2, 0.25) is 0 Å². The second-order valence-electron chi connectivity index (χ2n) is 4.66. The van der Waals surface area contributed by atoms with Crippen molar-refractivity contribution >= 4 is 11.9 Å². The highest BCUT2D eigenvalue weighted by atomic mass is 16.4. The number of amides is 1. The van der Waals surface area contributed by atoms with Crippen molar-refractivity contribution in [2.45, 2.75) is 19.8 Å². The molecule has 1 saturated heterocycles. The van der Waals surface area contributed by atoms with Crippen molar-refractivity contribution in [2.75, 3.05) is 13.1 Å². The minimum absolute atomic E-state index is 0.0856. The van der Waals surface area contributed by atoms with Gasteiger partial charge in [0.1, 0.15) is 0 Å². The van der Waals surface area contributed by atoms with Crippen molar-refractivity contribution in [2.24, 2.45) is 5.92 Å². The Morgan fingerprint density at radius 1 is 1.33 bits per heavy atom. The number of aromatic carboxylic acids is 1. The number of nitrogens with zero attached hydrogens (tertiary/aromatic N) is 1. The average molecular weight is 247 g/mol. The monoisotopic (exact) mass is 247 g/mol. The first-order chi connectivity index (χ1) is 8.63. The molecule has 1 amide bonds. The standard InChI is InChI=1S/C14H17NO3/c1-2-10-7-8-15(9-10)13(16)11-5-3-4-6-12(11)14(17)18/h3-6,10H,2,7-9H2,1H3,(H,17,18). The van der Waals surface area contributed by atoms with E-state index < -0.39 is 5.97 Å². The molecular formula is C14H17NO3. The van der Waals surface area contributed by atoms with Crippen molar-refractivity contribution in [1.82, 2.24) is 4.90 Å². The van der Waals surface area contributed by atoms with E-state index in [0.717, 1.165) is 25.9 Å². The molecule has 1 aromatic rings. The predicted octanol–water partition coefficient (Wildman–Crippen LogP) is 2.26. The van der Waals surface area contributed by atoms with Crippen LogP contribution in [0.25, 0.3) is 0 Å². The van der Waals surface area contributed by atoms with Gasteiger partial charge in [-0.2, -0.15) is 0 Å². The molecule has 1 fully saturated rings. The van der Waals surface area contributed by atoms with Crippen LogP contribution in [0.1, 0.15) is 40.5 Å². The van der Waals surface area contributed by atoms with Crippen molar-refractivity contribution in [3.05, 3.63) is 35.4 Å². The van der Waals surface area contributed by atoms with Gasteiger partial charge in [0.25, 0.3) is 5.91 Å². The lowest BCUT2D eigenvalue weighted by Crippen LogP contribution is -2.30. The molecule has 0 radical (unpaired) electrons. The largest absolute Gasteiger partial charge is 0.478 e. The van der Waals surface area contributed by atoms with Crippen LogP contribution in [0.4, 0.5) is 0 Å². The second kappa shape index (κ2) is 5.21. The number of carbonyl (C=O) groups is 2. The number of carboxylic acids is 1. The summed E-state index contributed by atoms with van der Waals surface area (Å²) < 4.78 is 0. The van der Waals surface area contributed by atoms with Gasteiger partial charge < -0.3 is 10.0 Å². The molecule has 0 aliphatic carbocycles. The lowest BCUT2D eigenvalue weighted by atomic mass is 10.1. The van der Waals surface area contributed by atoms with Gasteiger partial charge in [0.2, 0.25) is 0 Å². The summed E-state index contributed by atoms with van der Waals surface area (Å²) >= 11 is 0. The molecule has 1 aliphatic rings. The second-order valence-corrected chi connectivity index (χ2v) is 4.66. The van der Waals surface area contributed by atoms with Gasteiger partial charge in [-0.3, -0.25) is 4.79 Å². The molecule has 1 heterocycles. The number of likely N-dealkylation sites (tertiary alicyclic amines) is 1. The van der Waals surface area contributed by atoms with Crippen LogP contribution < -0.4 is 0 Å². The first-order valence-electron chi connectivity index (χ1n) is 6.25. The summed E-state index contributed by atoms with van der Waals surface area (Å²) in [5.41, 5.74) is 0.379. The third kappa shape index (κ3) is 2.37. The van der Waals surface area contributed by atoms with Crippen LogP contribution in [0.15, 0.2) is 24.3 Å². The Morgan fingerprint density at radius 2 is 2.00 bits per heavy atom. The Hall–Kier alpha value is -1.84. The Bertz CT molecular complexity index is 470. The summed E-state index contributed by atoms with van der Waals surface area (Å²) in [4.78, 5) is 25.1. The number of benzene rings is 1. The number of hydrogen-bond acceptors (Lipinski definition) is 2. The van der Waals surface area contributed by atoms with Crippen molar-refractivity contribution in [3.8, 4) is 0 Å². The van der Waals surface area contributed by atoms with E-state index >= 15 is 0 Å². The number of carboxylic acid groups (broad SMARTS) is 1. The Kier molecular flexibility index (Phi) is 3.65. The van der Waals surface area contributed by atoms with Gasteiger partial charge in [0.15, 0.2) is 0 Å². The van der Waals surface area contributed by atoms with E-state index in [1.165, 1.54) is 6.07 Å². The van der Waals surface area contributed by atoms with Gasteiger partial charge in [0, 0.05) is 13.1 Å². The van der Waals surface area contributed by atoms with Crippen molar-refractivity contribution < 1.29 is 14.7 Å². The predicted molar refractivity (Wildman–Crippen MR) is 67.7 cm³/mol. The van der Waals surface area contributed by atoms with Crippen LogP contribution in [-0.4, -0.2) is 35.0 Å². The molecule has 1 aromatic carbocycles. The molecule has 0 spiro atoms. The summed E-state index contributed by atoms with van der Waals surface area (Å²) in [6.07, 6.45) is 2.07. The Morgan fingerprint density at radius 3 is 2.56 bits per heavy atom. The lowest BCUT2D eigenvalue weighted by molar-refractivity contribution is 0.0680. The fourth-order valence-electron chi connectivity index (χ4n) is 2.38. The third-order valence-corrected chi connectivity index (χ3v) is 3.54. The fourth-order valence-corrected chi connectivity index (χ4v) is 2.38. The number of carbonyl (C=O) groups excluding carboxylic acids is 1. The van der Waals surface area contributed by atoms with E-state index in [1.807, 2.05) is 0 Å². The SMILES string of the molecule is CCC1CCN(C(=O)c2ccccc2C(=O)O)C1. The van der Waals surface area contributed by atoms with Crippen LogP contribution in [0, 0.1) is 5.92 Å². The smallest absolute Gasteiger partial charge is 0.336 e. The molecule has 2 rings (SSSR count). The quantitative estimate of drug-likeness (QED) is 0.891. The highest BCUT2D eigenvalue weighted by Gasteiger charge is 2.27. The lowest BCUT2D eigenvalue weighted by Gasteiger charge is -2.17. The highest BCUT2D eigenvalue weighted by molar-refractivity contribution is 6.04. The van der Waals surface area contributed by atoms with Crippen LogP contribution in [0.5, 0.6) is 0 Å². The van der Waals surface area contributed by atoms with Crippen LogP contribution >= 0.6 is 0 Å². The average Bonchev–Trinajstić information content (AvgIpc) is 2.86. The van der Waals surface area contributed by atoms with E-state index in [2.05, 4.69) is 6.92 Å². The van der Waals surface area contributed by atoms with Gasteiger partial charge >= 0.3 is 5.97 Å². The molecule has 1 N–H and O–H groups in total. The Labute approximate surface area is 106 Å². The summed E-state index contributed by atoms with van der Waals surface area (Å²) in [6, 6.07) is 6.40. The molecule has 1 atom stereocenters. The molecule has 18 heavy (non-hydrogen) atoms. The van der Waals surface area contributed by atoms with Crippen molar-refractivity contribution in [3.63, 3.8) is 0 Å².